The van der Waals surface area contributed by atoms with Gasteiger partial charge < -0.3 is 14.2 Å². The summed E-state index contributed by atoms with van der Waals surface area (Å²) in [5.74, 6) is -1.00. The third-order valence-corrected chi connectivity index (χ3v) is 12.6. The third-order valence-electron chi connectivity index (χ3n) is 12.6. The Kier molecular flexibility index (Phi) is 61.5. The van der Waals surface area contributed by atoms with Crippen molar-refractivity contribution in [1.82, 2.24) is 0 Å². The highest BCUT2D eigenvalue weighted by Crippen LogP contribution is 2.13. The minimum Gasteiger partial charge on any atom is -0.462 e. The van der Waals surface area contributed by atoms with Crippen LogP contribution in [0, 0.1) is 0 Å². The van der Waals surface area contributed by atoms with Gasteiger partial charge in [0.15, 0.2) is 6.10 Å². The first-order valence-corrected chi connectivity index (χ1v) is 31.8. The topological polar surface area (TPSA) is 78.9 Å². The second-order valence-corrected chi connectivity index (χ2v) is 20.2. The highest BCUT2D eigenvalue weighted by Gasteiger charge is 2.19. The van der Waals surface area contributed by atoms with Crippen molar-refractivity contribution in [2.24, 2.45) is 0 Å². The van der Waals surface area contributed by atoms with E-state index in [-0.39, 0.29) is 44.0 Å². The number of esters is 3. The Labute approximate surface area is 491 Å². The summed E-state index contributed by atoms with van der Waals surface area (Å²) in [5.41, 5.74) is 0. The van der Waals surface area contributed by atoms with E-state index in [4.69, 9.17) is 14.2 Å². The molecular formula is C74H114O6. The second-order valence-electron chi connectivity index (χ2n) is 20.2. The first-order valence-electron chi connectivity index (χ1n) is 31.8. The third kappa shape index (κ3) is 63.3. The normalized spacial score (nSPS) is 13.4. The van der Waals surface area contributed by atoms with Gasteiger partial charge in [-0.2, -0.15) is 0 Å². The van der Waals surface area contributed by atoms with E-state index in [1.54, 1.807) is 0 Å². The lowest BCUT2D eigenvalue weighted by Crippen LogP contribution is -2.30. The molecule has 0 aliphatic heterocycles. The largest absolute Gasteiger partial charge is 0.462 e. The first kappa shape index (κ1) is 74.5. The van der Waals surface area contributed by atoms with E-state index in [1.807, 2.05) is 0 Å². The standard InChI is InChI=1S/C74H114O6/c1-4-7-10-13-16-19-22-25-27-29-30-31-32-33-34-35-36-37-38-39-40-41-42-43-44-46-47-49-52-55-58-61-64-67-73(76)79-70-71(69-78-72(75)66-63-60-57-54-51-24-21-18-15-12-9-6-3)80-74(77)68-65-62-59-56-53-50-48-45-28-26-23-20-17-14-11-8-5-2/h7-8,10-11,16-21,25-28,30-31,33-34,36-37,39-40,42-43,46-48,50,52,55,71H,4-6,9,12-15,22-24,29,32,35,38,41,44-45,49,51,53-54,56-70H2,1-3H3/b10-7-,11-8-,19-16-,20-17-,21-18-,27-25-,28-26-,31-30-,34-33-,37-36-,40-39-,43-42-,47-46-,50-48-,55-52-. The molecule has 0 rings (SSSR count). The summed E-state index contributed by atoms with van der Waals surface area (Å²) in [5, 5.41) is 0. The smallest absolute Gasteiger partial charge is 0.306 e. The second kappa shape index (κ2) is 66.0. The van der Waals surface area contributed by atoms with Crippen LogP contribution in [0.3, 0.4) is 0 Å². The molecule has 0 fully saturated rings. The molecule has 0 saturated carbocycles. The van der Waals surface area contributed by atoms with E-state index >= 15 is 0 Å². The van der Waals surface area contributed by atoms with Crippen molar-refractivity contribution in [3.05, 3.63) is 182 Å². The summed E-state index contributed by atoms with van der Waals surface area (Å²) in [4.78, 5) is 38.2. The average molecular weight is 1100 g/mol. The van der Waals surface area contributed by atoms with Gasteiger partial charge in [0, 0.05) is 19.3 Å². The van der Waals surface area contributed by atoms with E-state index in [0.29, 0.717) is 12.8 Å². The Morgan fingerprint density at radius 2 is 0.487 bits per heavy atom. The lowest BCUT2D eigenvalue weighted by molar-refractivity contribution is -0.167. The van der Waals surface area contributed by atoms with Crippen molar-refractivity contribution in [1.29, 1.82) is 0 Å². The summed E-state index contributed by atoms with van der Waals surface area (Å²) in [6.45, 7) is 6.31. The van der Waals surface area contributed by atoms with Gasteiger partial charge in [0.05, 0.1) is 0 Å². The number of allylic oxidation sites excluding steroid dienone is 30. The fraction of sp³-hybridized carbons (Fsp3) is 0.554. The highest BCUT2D eigenvalue weighted by molar-refractivity contribution is 5.71. The molecule has 1 atom stereocenters. The van der Waals surface area contributed by atoms with Gasteiger partial charge in [0.25, 0.3) is 0 Å². The van der Waals surface area contributed by atoms with Crippen molar-refractivity contribution in [2.45, 2.75) is 252 Å². The van der Waals surface area contributed by atoms with Crippen LogP contribution < -0.4 is 0 Å². The maximum Gasteiger partial charge on any atom is 0.306 e. The minimum atomic E-state index is -0.823. The molecule has 6 nitrogen and oxygen atoms in total. The van der Waals surface area contributed by atoms with Crippen molar-refractivity contribution < 1.29 is 28.6 Å². The van der Waals surface area contributed by atoms with Gasteiger partial charge in [-0.1, -0.05) is 248 Å². The molecule has 0 saturated heterocycles. The summed E-state index contributed by atoms with van der Waals surface area (Å²) < 4.78 is 16.8. The molecular weight excluding hydrogens is 985 g/mol. The number of rotatable bonds is 55. The molecule has 0 aromatic carbocycles. The van der Waals surface area contributed by atoms with Crippen molar-refractivity contribution >= 4 is 17.9 Å². The Morgan fingerprint density at radius 3 is 0.800 bits per heavy atom. The molecule has 0 aromatic rings. The van der Waals surface area contributed by atoms with Gasteiger partial charge in [-0.15, -0.1) is 0 Å². The molecule has 0 heterocycles. The predicted molar refractivity (Wildman–Crippen MR) is 348 cm³/mol. The molecule has 0 aromatic heterocycles. The van der Waals surface area contributed by atoms with Crippen molar-refractivity contribution in [3.63, 3.8) is 0 Å². The van der Waals surface area contributed by atoms with Gasteiger partial charge in [-0.3, -0.25) is 14.4 Å². The van der Waals surface area contributed by atoms with Crippen LogP contribution in [-0.2, 0) is 28.6 Å². The molecule has 1 unspecified atom stereocenters. The van der Waals surface area contributed by atoms with E-state index in [0.717, 1.165) is 167 Å². The van der Waals surface area contributed by atoms with Gasteiger partial charge in [-0.05, 0) is 161 Å². The molecule has 0 aliphatic carbocycles. The van der Waals surface area contributed by atoms with Crippen LogP contribution in [0.15, 0.2) is 182 Å². The molecule has 0 spiro atoms. The number of carbonyl (C=O) groups is 3. The molecule has 0 N–H and O–H groups in total. The zero-order chi connectivity index (χ0) is 57.8. The van der Waals surface area contributed by atoms with E-state index in [9.17, 15) is 14.4 Å². The Balaban J connectivity index is 4.43. The fourth-order valence-electron chi connectivity index (χ4n) is 7.92. The number of carbonyl (C=O) groups excluding carboxylic acids is 3. The highest BCUT2D eigenvalue weighted by atomic mass is 16.6. The van der Waals surface area contributed by atoms with Gasteiger partial charge in [-0.25, -0.2) is 0 Å². The average Bonchev–Trinajstić information content (AvgIpc) is 3.46. The lowest BCUT2D eigenvalue weighted by atomic mass is 10.1. The van der Waals surface area contributed by atoms with Gasteiger partial charge in [0.1, 0.15) is 13.2 Å². The number of hydrogen-bond acceptors (Lipinski definition) is 6. The predicted octanol–water partition coefficient (Wildman–Crippen LogP) is 22.0. The van der Waals surface area contributed by atoms with Crippen molar-refractivity contribution in [3.8, 4) is 0 Å². The van der Waals surface area contributed by atoms with E-state index in [1.165, 1.54) is 32.1 Å². The maximum absolute atomic E-state index is 12.9. The molecule has 446 valence electrons. The Morgan fingerprint density at radius 1 is 0.263 bits per heavy atom. The monoisotopic (exact) mass is 1100 g/mol. The molecule has 0 amide bonds. The molecule has 80 heavy (non-hydrogen) atoms. The number of unbranched alkanes of at least 4 members (excludes halogenated alkanes) is 14. The SMILES string of the molecule is CC/C=C\C/C=C\C/C=C\C/C=C\C/C=C\C/C=C\C/C=C\C/C=C\C/C=C\C/C=C\CCCCC(=O)OCC(COC(=O)CCCCCCC/C=C\CCCCC)OC(=O)CCCCCC/C=C\C/C=C\C/C=C\C/C=C\CC. The van der Waals surface area contributed by atoms with Crippen LogP contribution in [0.4, 0.5) is 0 Å². The van der Waals surface area contributed by atoms with Crippen molar-refractivity contribution in [2.75, 3.05) is 13.2 Å². The van der Waals surface area contributed by atoms with Crippen LogP contribution in [0.25, 0.3) is 0 Å². The lowest BCUT2D eigenvalue weighted by Gasteiger charge is -2.18. The van der Waals surface area contributed by atoms with Crippen LogP contribution in [-0.4, -0.2) is 37.2 Å². The Bertz CT molecular complexity index is 1890. The fourth-order valence-corrected chi connectivity index (χ4v) is 7.92. The molecule has 0 radical (unpaired) electrons. The number of hydrogen-bond donors (Lipinski definition) is 0. The zero-order valence-corrected chi connectivity index (χ0v) is 51.0. The van der Waals surface area contributed by atoms with Gasteiger partial charge >= 0.3 is 17.9 Å². The van der Waals surface area contributed by atoms with E-state index in [2.05, 4.69) is 203 Å². The quantitative estimate of drug-likeness (QED) is 0.0261. The van der Waals surface area contributed by atoms with Crippen LogP contribution in [0.2, 0.25) is 0 Å². The van der Waals surface area contributed by atoms with Crippen LogP contribution >= 0.6 is 0 Å². The zero-order valence-electron chi connectivity index (χ0n) is 51.0. The number of ether oxygens (including phenoxy) is 3. The molecule has 6 heteroatoms. The van der Waals surface area contributed by atoms with Gasteiger partial charge in [0.2, 0.25) is 0 Å². The van der Waals surface area contributed by atoms with Crippen LogP contribution in [0.1, 0.15) is 245 Å². The minimum absolute atomic E-state index is 0.115. The van der Waals surface area contributed by atoms with Crippen LogP contribution in [0.5, 0.6) is 0 Å². The first-order chi connectivity index (χ1) is 39.5. The molecule has 0 aliphatic rings. The summed E-state index contributed by atoms with van der Waals surface area (Å²) in [7, 11) is 0. The van der Waals surface area contributed by atoms with E-state index < -0.39 is 6.10 Å². The maximum atomic E-state index is 12.9. The summed E-state index contributed by atoms with van der Waals surface area (Å²) in [6.07, 6.45) is 99.0. The Hall–Kier alpha value is -5.49. The molecule has 0 bridgehead atoms. The summed E-state index contributed by atoms with van der Waals surface area (Å²) in [6, 6.07) is 0. The summed E-state index contributed by atoms with van der Waals surface area (Å²) >= 11 is 0.